The molecule has 1 unspecified atom stereocenters. The van der Waals surface area contributed by atoms with Crippen LogP contribution < -0.4 is 5.32 Å². The zero-order chi connectivity index (χ0) is 18.0. The maximum absolute atomic E-state index is 13.0. The highest BCUT2D eigenvalue weighted by atomic mass is 35.5. The van der Waals surface area contributed by atoms with Crippen LogP contribution in [0.2, 0.25) is 5.02 Å². The Morgan fingerprint density at radius 2 is 1.72 bits per heavy atom. The summed E-state index contributed by atoms with van der Waals surface area (Å²) in [6.45, 7) is 3.85. The van der Waals surface area contributed by atoms with Crippen molar-refractivity contribution in [1.29, 1.82) is 0 Å². The number of benzene rings is 2. The fourth-order valence-corrected chi connectivity index (χ4v) is 3.03. The van der Waals surface area contributed by atoms with E-state index in [1.54, 1.807) is 30.5 Å². The van der Waals surface area contributed by atoms with Crippen molar-refractivity contribution in [1.82, 2.24) is 10.2 Å². The van der Waals surface area contributed by atoms with Crippen molar-refractivity contribution < 1.29 is 9.59 Å². The lowest BCUT2D eigenvalue weighted by molar-refractivity contribution is -0.125. The van der Waals surface area contributed by atoms with Gasteiger partial charge in [-0.25, -0.2) is 0 Å². The van der Waals surface area contributed by atoms with Crippen LogP contribution >= 0.6 is 11.6 Å². The van der Waals surface area contributed by atoms with Crippen molar-refractivity contribution in [2.75, 3.05) is 0 Å². The van der Waals surface area contributed by atoms with Crippen LogP contribution in [0.5, 0.6) is 0 Å². The van der Waals surface area contributed by atoms with Gasteiger partial charge >= 0.3 is 0 Å². The number of hydrogen-bond acceptors (Lipinski definition) is 2. The molecule has 2 aromatic carbocycles. The van der Waals surface area contributed by atoms with E-state index in [2.05, 4.69) is 5.32 Å². The van der Waals surface area contributed by atoms with Crippen LogP contribution in [0.3, 0.4) is 0 Å². The quantitative estimate of drug-likeness (QED) is 0.907. The number of halogens is 1. The van der Waals surface area contributed by atoms with Crippen LogP contribution in [-0.4, -0.2) is 22.8 Å². The molecule has 0 radical (unpaired) electrons. The minimum atomic E-state index is -0.560. The summed E-state index contributed by atoms with van der Waals surface area (Å²) in [7, 11) is 0. The fourth-order valence-electron chi connectivity index (χ4n) is 2.90. The number of amides is 2. The highest BCUT2D eigenvalue weighted by molar-refractivity contribution is 6.30. The van der Waals surface area contributed by atoms with E-state index >= 15 is 0 Å². The summed E-state index contributed by atoms with van der Waals surface area (Å²) in [6, 6.07) is 15.6. The molecule has 1 aliphatic rings. The van der Waals surface area contributed by atoms with Crippen molar-refractivity contribution in [3.63, 3.8) is 0 Å². The second-order valence-corrected chi connectivity index (χ2v) is 6.74. The van der Waals surface area contributed by atoms with E-state index in [1.807, 2.05) is 44.2 Å². The molecule has 0 saturated heterocycles. The molecule has 0 saturated carbocycles. The Labute approximate surface area is 152 Å². The molecule has 4 nitrogen and oxygen atoms in total. The molecule has 2 amide bonds. The van der Waals surface area contributed by atoms with Crippen molar-refractivity contribution in [2.45, 2.75) is 19.9 Å². The highest BCUT2D eigenvalue weighted by Crippen LogP contribution is 2.25. The zero-order valence-electron chi connectivity index (χ0n) is 14.1. The summed E-state index contributed by atoms with van der Waals surface area (Å²) in [4.78, 5) is 27.2. The van der Waals surface area contributed by atoms with Crippen LogP contribution in [0.4, 0.5) is 0 Å². The van der Waals surface area contributed by atoms with Gasteiger partial charge in [-0.05, 0) is 35.7 Å². The molecule has 128 valence electrons. The Bertz CT molecular complexity index is 813. The van der Waals surface area contributed by atoms with E-state index in [9.17, 15) is 9.59 Å². The van der Waals surface area contributed by atoms with Crippen molar-refractivity contribution in [2.24, 2.45) is 5.92 Å². The first-order valence-electron chi connectivity index (χ1n) is 8.13. The van der Waals surface area contributed by atoms with Gasteiger partial charge in [-0.2, -0.15) is 0 Å². The Morgan fingerprint density at radius 1 is 1.08 bits per heavy atom. The van der Waals surface area contributed by atoms with E-state index in [1.165, 1.54) is 4.90 Å². The molecule has 0 aromatic heterocycles. The highest BCUT2D eigenvalue weighted by Gasteiger charge is 2.36. The van der Waals surface area contributed by atoms with E-state index in [4.69, 9.17) is 11.6 Å². The van der Waals surface area contributed by atoms with E-state index in [-0.39, 0.29) is 17.7 Å². The molecule has 0 fully saturated rings. The van der Waals surface area contributed by atoms with Gasteiger partial charge in [0, 0.05) is 16.8 Å². The molecule has 0 spiro atoms. The van der Waals surface area contributed by atoms with Gasteiger partial charge in [0.15, 0.2) is 0 Å². The SMILES string of the molecule is CC(C)C1C(=O)NC(c2ccccc2)=CN1C(=O)c1ccc(Cl)cc1. The summed E-state index contributed by atoms with van der Waals surface area (Å²) in [5.74, 6) is -0.429. The summed E-state index contributed by atoms with van der Waals surface area (Å²) in [5.41, 5.74) is 1.96. The van der Waals surface area contributed by atoms with Gasteiger partial charge in [0.2, 0.25) is 5.91 Å². The largest absolute Gasteiger partial charge is 0.322 e. The first kappa shape index (κ1) is 17.2. The number of hydrogen-bond donors (Lipinski definition) is 1. The van der Waals surface area contributed by atoms with Crippen LogP contribution in [0.15, 0.2) is 60.8 Å². The van der Waals surface area contributed by atoms with Gasteiger partial charge in [-0.1, -0.05) is 55.8 Å². The molecule has 0 aliphatic carbocycles. The number of carbonyl (C=O) groups is 2. The van der Waals surface area contributed by atoms with E-state index in [0.29, 0.717) is 16.3 Å². The molecule has 1 atom stereocenters. The molecule has 0 bridgehead atoms. The lowest BCUT2D eigenvalue weighted by Gasteiger charge is -2.35. The monoisotopic (exact) mass is 354 g/mol. The summed E-state index contributed by atoms with van der Waals surface area (Å²) < 4.78 is 0. The number of carbonyl (C=O) groups excluding carboxylic acids is 2. The molecule has 1 N–H and O–H groups in total. The van der Waals surface area contributed by atoms with Crippen LogP contribution in [0.25, 0.3) is 5.70 Å². The number of nitrogens with zero attached hydrogens (tertiary/aromatic N) is 1. The second kappa shape index (κ2) is 7.11. The first-order valence-corrected chi connectivity index (χ1v) is 8.51. The standard InChI is InChI=1S/C20H19ClN2O2/c1-13(2)18-19(24)22-17(14-6-4-3-5-7-14)12-23(18)20(25)15-8-10-16(21)11-9-15/h3-13,18H,1-2H3,(H,22,24). The zero-order valence-corrected chi connectivity index (χ0v) is 14.8. The van der Waals surface area contributed by atoms with Gasteiger partial charge in [-0.15, -0.1) is 0 Å². The minimum absolute atomic E-state index is 0.0233. The normalized spacial score (nSPS) is 17.3. The lowest BCUT2D eigenvalue weighted by Crippen LogP contribution is -2.53. The van der Waals surface area contributed by atoms with Crippen LogP contribution in [0, 0.1) is 5.92 Å². The third-order valence-electron chi connectivity index (χ3n) is 4.14. The van der Waals surface area contributed by atoms with Gasteiger partial charge in [0.05, 0.1) is 5.70 Å². The van der Waals surface area contributed by atoms with Crippen LogP contribution in [0.1, 0.15) is 29.8 Å². The molecular weight excluding hydrogens is 336 g/mol. The molecular formula is C20H19ClN2O2. The van der Waals surface area contributed by atoms with Crippen molar-refractivity contribution in [3.05, 3.63) is 76.9 Å². The molecule has 5 heteroatoms. The van der Waals surface area contributed by atoms with Crippen molar-refractivity contribution in [3.8, 4) is 0 Å². The predicted octanol–water partition coefficient (Wildman–Crippen LogP) is 3.94. The Kier molecular flexibility index (Phi) is 4.91. The topological polar surface area (TPSA) is 49.4 Å². The predicted molar refractivity (Wildman–Crippen MR) is 98.8 cm³/mol. The molecule has 2 aromatic rings. The van der Waals surface area contributed by atoms with Gasteiger partial charge in [0.25, 0.3) is 5.91 Å². The Hall–Kier alpha value is -2.59. The number of rotatable bonds is 3. The Balaban J connectivity index is 2.02. The third-order valence-corrected chi connectivity index (χ3v) is 4.39. The summed E-state index contributed by atoms with van der Waals surface area (Å²) >= 11 is 5.91. The maximum atomic E-state index is 13.0. The van der Waals surface area contributed by atoms with Gasteiger partial charge < -0.3 is 10.2 Å². The smallest absolute Gasteiger partial charge is 0.258 e. The average Bonchev–Trinajstić information content (AvgIpc) is 2.61. The van der Waals surface area contributed by atoms with Crippen LogP contribution in [-0.2, 0) is 4.79 Å². The lowest BCUT2D eigenvalue weighted by atomic mass is 9.98. The third kappa shape index (κ3) is 3.59. The maximum Gasteiger partial charge on any atom is 0.258 e. The molecule has 25 heavy (non-hydrogen) atoms. The molecule has 1 aliphatic heterocycles. The minimum Gasteiger partial charge on any atom is -0.322 e. The van der Waals surface area contributed by atoms with Crippen molar-refractivity contribution >= 4 is 29.1 Å². The molecule has 3 rings (SSSR count). The fraction of sp³-hybridized carbons (Fsp3) is 0.200. The summed E-state index contributed by atoms with van der Waals surface area (Å²) in [5, 5.41) is 3.48. The summed E-state index contributed by atoms with van der Waals surface area (Å²) in [6.07, 6.45) is 1.72. The van der Waals surface area contributed by atoms with Gasteiger partial charge in [0.1, 0.15) is 6.04 Å². The second-order valence-electron chi connectivity index (χ2n) is 6.31. The number of nitrogens with one attached hydrogen (secondary N) is 1. The van der Waals surface area contributed by atoms with Gasteiger partial charge in [-0.3, -0.25) is 9.59 Å². The Morgan fingerprint density at radius 3 is 2.32 bits per heavy atom. The average molecular weight is 355 g/mol. The van der Waals surface area contributed by atoms with E-state index < -0.39 is 6.04 Å². The first-order chi connectivity index (χ1) is 12.0. The van der Waals surface area contributed by atoms with E-state index in [0.717, 1.165) is 5.56 Å². The molecule has 1 heterocycles.